The van der Waals surface area contributed by atoms with Gasteiger partial charge in [0.15, 0.2) is 0 Å². The quantitative estimate of drug-likeness (QED) is 0.803. The fraction of sp³-hybridized carbons (Fsp3) is 0.333. The van der Waals surface area contributed by atoms with Crippen molar-refractivity contribution < 1.29 is 5.11 Å². The number of phenols is 1. The van der Waals surface area contributed by atoms with E-state index in [1.54, 1.807) is 12.1 Å². The normalized spacial score (nSPS) is 15.6. The zero-order chi connectivity index (χ0) is 14.8. The number of hydrogen-bond acceptors (Lipinski definition) is 1. The van der Waals surface area contributed by atoms with Crippen LogP contribution >= 0.6 is 7.92 Å². The highest BCUT2D eigenvalue weighted by Gasteiger charge is 2.31. The molecule has 0 bridgehead atoms. The lowest BCUT2D eigenvalue weighted by Gasteiger charge is -2.36. The fourth-order valence-corrected chi connectivity index (χ4v) is 4.69. The summed E-state index contributed by atoms with van der Waals surface area (Å²) >= 11 is 0. The van der Waals surface area contributed by atoms with Crippen molar-refractivity contribution >= 4 is 13.2 Å². The fourth-order valence-electron chi connectivity index (χ4n) is 2.51. The molecule has 20 heavy (non-hydrogen) atoms. The van der Waals surface area contributed by atoms with Gasteiger partial charge in [-0.15, -0.1) is 0 Å². The van der Waals surface area contributed by atoms with Crippen LogP contribution in [-0.2, 0) is 5.16 Å². The maximum Gasteiger partial charge on any atom is 0.115 e. The minimum absolute atomic E-state index is 0.167. The number of rotatable bonds is 4. The summed E-state index contributed by atoms with van der Waals surface area (Å²) in [5.41, 5.74) is 2.71. The SMILES string of the molecule is CCC(C)(c1ccc(C)cc1)P(C)c1ccc(O)cc1. The number of phenolic OH excluding ortho intramolecular Hbond substituents is 1. The number of aryl methyl sites for hydroxylation is 1. The van der Waals surface area contributed by atoms with Crippen LogP contribution in [0.5, 0.6) is 5.75 Å². The predicted octanol–water partition coefficient (Wildman–Crippen LogP) is 4.76. The van der Waals surface area contributed by atoms with Crippen molar-refractivity contribution in [2.24, 2.45) is 0 Å². The maximum atomic E-state index is 9.45. The summed E-state index contributed by atoms with van der Waals surface area (Å²) in [4.78, 5) is 0. The Morgan fingerprint density at radius 3 is 2.05 bits per heavy atom. The predicted molar refractivity (Wildman–Crippen MR) is 89.4 cm³/mol. The summed E-state index contributed by atoms with van der Waals surface area (Å²) in [6, 6.07) is 16.6. The van der Waals surface area contributed by atoms with E-state index in [1.165, 1.54) is 16.4 Å². The van der Waals surface area contributed by atoms with E-state index < -0.39 is 0 Å². The van der Waals surface area contributed by atoms with E-state index in [0.29, 0.717) is 5.75 Å². The molecule has 0 aliphatic carbocycles. The van der Waals surface area contributed by atoms with Crippen LogP contribution in [0.25, 0.3) is 0 Å². The lowest BCUT2D eigenvalue weighted by molar-refractivity contribution is 0.475. The van der Waals surface area contributed by atoms with Gasteiger partial charge in [0.05, 0.1) is 0 Å². The summed E-state index contributed by atoms with van der Waals surface area (Å²) < 4.78 is 0. The Morgan fingerprint density at radius 1 is 1.00 bits per heavy atom. The minimum atomic E-state index is -0.331. The second-order valence-corrected chi connectivity index (χ2v) is 8.19. The Labute approximate surface area is 123 Å². The van der Waals surface area contributed by atoms with Gasteiger partial charge in [-0.2, -0.15) is 0 Å². The summed E-state index contributed by atoms with van der Waals surface area (Å²) in [6.07, 6.45) is 1.11. The third-order valence-electron chi connectivity index (χ3n) is 4.34. The van der Waals surface area contributed by atoms with Crippen LogP contribution in [0, 0.1) is 6.92 Å². The molecular weight excluding hydrogens is 263 g/mol. The van der Waals surface area contributed by atoms with E-state index in [4.69, 9.17) is 0 Å². The molecule has 2 atom stereocenters. The van der Waals surface area contributed by atoms with Gasteiger partial charge < -0.3 is 5.11 Å². The van der Waals surface area contributed by atoms with Gasteiger partial charge in [0.2, 0.25) is 0 Å². The first-order valence-electron chi connectivity index (χ1n) is 7.07. The van der Waals surface area contributed by atoms with E-state index in [-0.39, 0.29) is 13.1 Å². The van der Waals surface area contributed by atoms with Crippen LogP contribution in [0.3, 0.4) is 0 Å². The first kappa shape index (κ1) is 15.1. The first-order valence-corrected chi connectivity index (χ1v) is 8.86. The van der Waals surface area contributed by atoms with E-state index in [9.17, 15) is 5.11 Å². The third-order valence-corrected chi connectivity index (χ3v) is 7.47. The smallest absolute Gasteiger partial charge is 0.115 e. The van der Waals surface area contributed by atoms with Crippen LogP contribution in [0.2, 0.25) is 0 Å². The molecule has 2 aromatic carbocycles. The van der Waals surface area contributed by atoms with Crippen molar-refractivity contribution in [2.45, 2.75) is 32.3 Å². The zero-order valence-electron chi connectivity index (χ0n) is 12.7. The number of hydrogen-bond donors (Lipinski definition) is 1. The van der Waals surface area contributed by atoms with E-state index in [2.05, 4.69) is 63.8 Å². The molecule has 0 saturated carbocycles. The average molecular weight is 286 g/mol. The van der Waals surface area contributed by atoms with Crippen molar-refractivity contribution in [1.29, 1.82) is 0 Å². The second-order valence-electron chi connectivity index (χ2n) is 5.57. The molecule has 2 rings (SSSR count). The standard InChI is InChI=1S/C18H23OP/c1-5-18(3,15-8-6-14(2)7-9-15)20(4)17-12-10-16(19)11-13-17/h6-13,19H,5H2,1-4H3. The van der Waals surface area contributed by atoms with Gasteiger partial charge >= 0.3 is 0 Å². The van der Waals surface area contributed by atoms with E-state index in [1.807, 2.05) is 0 Å². The van der Waals surface area contributed by atoms with Crippen molar-refractivity contribution in [3.63, 3.8) is 0 Å². The minimum Gasteiger partial charge on any atom is -0.508 e. The number of aromatic hydroxyl groups is 1. The third kappa shape index (κ3) is 2.88. The molecule has 1 nitrogen and oxygen atoms in total. The van der Waals surface area contributed by atoms with Crippen LogP contribution in [0.15, 0.2) is 48.5 Å². The van der Waals surface area contributed by atoms with Crippen LogP contribution in [0.4, 0.5) is 0 Å². The molecular formula is C18H23OP. The molecule has 1 N–H and O–H groups in total. The Balaban J connectivity index is 2.39. The molecule has 106 valence electrons. The van der Waals surface area contributed by atoms with Crippen molar-refractivity contribution in [2.75, 3.05) is 6.66 Å². The van der Waals surface area contributed by atoms with E-state index >= 15 is 0 Å². The van der Waals surface area contributed by atoms with Crippen LogP contribution in [-0.4, -0.2) is 11.8 Å². The Bertz CT molecular complexity index is 559. The van der Waals surface area contributed by atoms with Crippen molar-refractivity contribution in [3.05, 3.63) is 59.7 Å². The van der Waals surface area contributed by atoms with Crippen molar-refractivity contribution in [3.8, 4) is 5.75 Å². The molecule has 2 aromatic rings. The van der Waals surface area contributed by atoms with Gasteiger partial charge in [-0.1, -0.05) is 63.7 Å². The van der Waals surface area contributed by atoms with Gasteiger partial charge in [0, 0.05) is 5.16 Å². The molecule has 2 unspecified atom stereocenters. The van der Waals surface area contributed by atoms with Crippen LogP contribution < -0.4 is 5.30 Å². The van der Waals surface area contributed by atoms with Gasteiger partial charge in [-0.25, -0.2) is 0 Å². The van der Waals surface area contributed by atoms with E-state index in [0.717, 1.165) is 6.42 Å². The molecule has 0 saturated heterocycles. The average Bonchev–Trinajstić information content (AvgIpc) is 2.47. The summed E-state index contributed by atoms with van der Waals surface area (Å²) in [5, 5.41) is 11.0. The molecule has 0 aliphatic rings. The Hall–Kier alpha value is -1.33. The lowest BCUT2D eigenvalue weighted by Crippen LogP contribution is -2.23. The highest BCUT2D eigenvalue weighted by Crippen LogP contribution is 2.54. The maximum absolute atomic E-state index is 9.45. The lowest BCUT2D eigenvalue weighted by atomic mass is 9.96. The Morgan fingerprint density at radius 2 is 1.55 bits per heavy atom. The highest BCUT2D eigenvalue weighted by molar-refractivity contribution is 7.66. The largest absolute Gasteiger partial charge is 0.508 e. The van der Waals surface area contributed by atoms with Gasteiger partial charge in [-0.05, 0) is 43.0 Å². The molecule has 0 aliphatic heterocycles. The topological polar surface area (TPSA) is 20.2 Å². The molecule has 2 heteroatoms. The molecule has 0 spiro atoms. The molecule has 0 radical (unpaired) electrons. The highest BCUT2D eigenvalue weighted by atomic mass is 31.1. The molecule has 0 heterocycles. The zero-order valence-corrected chi connectivity index (χ0v) is 13.6. The second kappa shape index (κ2) is 5.97. The Kier molecular flexibility index (Phi) is 4.50. The summed E-state index contributed by atoms with van der Waals surface area (Å²) in [6.45, 7) is 9.09. The summed E-state index contributed by atoms with van der Waals surface area (Å²) in [7, 11) is -0.331. The molecule has 0 amide bonds. The van der Waals surface area contributed by atoms with Crippen molar-refractivity contribution in [1.82, 2.24) is 0 Å². The van der Waals surface area contributed by atoms with Gasteiger partial charge in [0.25, 0.3) is 0 Å². The molecule has 0 aromatic heterocycles. The van der Waals surface area contributed by atoms with Gasteiger partial charge in [0.1, 0.15) is 5.75 Å². The number of benzene rings is 2. The molecule has 0 fully saturated rings. The summed E-state index contributed by atoms with van der Waals surface area (Å²) in [5.74, 6) is 0.339. The van der Waals surface area contributed by atoms with Gasteiger partial charge in [-0.3, -0.25) is 0 Å². The van der Waals surface area contributed by atoms with Crippen LogP contribution in [0.1, 0.15) is 31.4 Å². The first-order chi connectivity index (χ1) is 9.47. The monoisotopic (exact) mass is 286 g/mol.